The Morgan fingerprint density at radius 3 is 2.78 bits per heavy atom. The van der Waals surface area contributed by atoms with Crippen molar-refractivity contribution in [1.29, 1.82) is 5.26 Å². The third-order valence-electron chi connectivity index (χ3n) is 4.44. The number of ether oxygens (including phenoxy) is 1. The number of benzene rings is 1. The average molecular weight is 314 g/mol. The van der Waals surface area contributed by atoms with E-state index in [4.69, 9.17) is 4.74 Å². The summed E-state index contributed by atoms with van der Waals surface area (Å²) in [6, 6.07) is 9.82. The fourth-order valence-electron chi connectivity index (χ4n) is 3.11. The number of piperazine rings is 1. The molecular weight excluding hydrogens is 292 g/mol. The summed E-state index contributed by atoms with van der Waals surface area (Å²) in [4.78, 5) is 16.2. The summed E-state index contributed by atoms with van der Waals surface area (Å²) in [5, 5.41) is 12.2. The Morgan fingerprint density at radius 2 is 2.09 bits per heavy atom. The lowest BCUT2D eigenvalue weighted by atomic mass is 10.1. The number of para-hydroxylation sites is 1. The molecule has 0 aliphatic carbocycles. The van der Waals surface area contributed by atoms with Gasteiger partial charge in [0.1, 0.15) is 6.07 Å². The van der Waals surface area contributed by atoms with E-state index >= 15 is 0 Å². The van der Waals surface area contributed by atoms with Crippen molar-refractivity contribution in [3.63, 3.8) is 0 Å². The van der Waals surface area contributed by atoms with Crippen LogP contribution in [0.3, 0.4) is 0 Å². The molecule has 2 aliphatic rings. The van der Waals surface area contributed by atoms with E-state index in [1.54, 1.807) is 0 Å². The third kappa shape index (κ3) is 3.74. The number of hydrogen-bond donors (Lipinski definition) is 1. The first kappa shape index (κ1) is 15.6. The van der Waals surface area contributed by atoms with Crippen molar-refractivity contribution in [2.75, 3.05) is 44.2 Å². The van der Waals surface area contributed by atoms with Gasteiger partial charge in [-0.25, -0.2) is 4.79 Å². The number of carbonyl (C=O) groups excluding carboxylic acids is 1. The van der Waals surface area contributed by atoms with Crippen LogP contribution in [0.1, 0.15) is 18.4 Å². The number of urea groups is 1. The molecule has 2 fully saturated rings. The monoisotopic (exact) mass is 314 g/mol. The molecule has 2 heterocycles. The maximum absolute atomic E-state index is 12.2. The molecule has 0 bridgehead atoms. The van der Waals surface area contributed by atoms with E-state index in [1.807, 2.05) is 29.2 Å². The molecule has 2 saturated heterocycles. The average Bonchev–Trinajstić information content (AvgIpc) is 3.13. The van der Waals surface area contributed by atoms with E-state index in [1.165, 1.54) is 0 Å². The normalized spacial score (nSPS) is 21.1. The van der Waals surface area contributed by atoms with E-state index < -0.39 is 0 Å². The first-order chi connectivity index (χ1) is 11.3. The molecule has 0 aromatic heterocycles. The molecule has 1 unspecified atom stereocenters. The second-order valence-corrected chi connectivity index (χ2v) is 5.92. The Kier molecular flexibility index (Phi) is 4.99. The summed E-state index contributed by atoms with van der Waals surface area (Å²) in [5.41, 5.74) is 1.64. The van der Waals surface area contributed by atoms with Crippen molar-refractivity contribution in [2.45, 2.75) is 18.9 Å². The molecule has 2 aliphatic heterocycles. The van der Waals surface area contributed by atoms with E-state index in [-0.39, 0.29) is 12.1 Å². The smallest absolute Gasteiger partial charge is 0.317 e. The van der Waals surface area contributed by atoms with Gasteiger partial charge in [0.2, 0.25) is 0 Å². The zero-order valence-corrected chi connectivity index (χ0v) is 13.2. The van der Waals surface area contributed by atoms with Crippen LogP contribution < -0.4 is 10.2 Å². The maximum Gasteiger partial charge on any atom is 0.317 e. The minimum Gasteiger partial charge on any atom is -0.376 e. The van der Waals surface area contributed by atoms with Gasteiger partial charge in [-0.3, -0.25) is 0 Å². The summed E-state index contributed by atoms with van der Waals surface area (Å²) in [6.45, 7) is 4.21. The number of amides is 2. The molecule has 0 saturated carbocycles. The Bertz CT molecular complexity index is 585. The molecule has 1 aromatic carbocycles. The quantitative estimate of drug-likeness (QED) is 0.919. The predicted molar refractivity (Wildman–Crippen MR) is 87.3 cm³/mol. The van der Waals surface area contributed by atoms with Gasteiger partial charge in [-0.2, -0.15) is 5.26 Å². The van der Waals surface area contributed by atoms with Gasteiger partial charge in [-0.1, -0.05) is 12.1 Å². The van der Waals surface area contributed by atoms with Crippen molar-refractivity contribution >= 4 is 11.7 Å². The predicted octanol–water partition coefficient (Wildman–Crippen LogP) is 1.57. The van der Waals surface area contributed by atoms with Gasteiger partial charge in [0, 0.05) is 39.3 Å². The minimum atomic E-state index is -0.0197. The lowest BCUT2D eigenvalue weighted by molar-refractivity contribution is 0.108. The van der Waals surface area contributed by atoms with Crippen LogP contribution in [0, 0.1) is 11.3 Å². The summed E-state index contributed by atoms with van der Waals surface area (Å²) >= 11 is 0. The zero-order chi connectivity index (χ0) is 16.1. The lowest BCUT2D eigenvalue weighted by Gasteiger charge is -2.36. The van der Waals surface area contributed by atoms with Crippen molar-refractivity contribution < 1.29 is 9.53 Å². The number of nitrogens with zero attached hydrogens (tertiary/aromatic N) is 3. The van der Waals surface area contributed by atoms with Crippen molar-refractivity contribution in [1.82, 2.24) is 10.2 Å². The van der Waals surface area contributed by atoms with Crippen molar-refractivity contribution in [2.24, 2.45) is 0 Å². The first-order valence-electron chi connectivity index (χ1n) is 8.16. The molecule has 1 atom stereocenters. The summed E-state index contributed by atoms with van der Waals surface area (Å²) in [6.07, 6.45) is 2.28. The Labute approximate surface area is 136 Å². The van der Waals surface area contributed by atoms with E-state index in [9.17, 15) is 10.1 Å². The SMILES string of the molecule is N#Cc1ccccc1N1CCN(C(=O)NCC2CCCO2)CC1. The zero-order valence-electron chi connectivity index (χ0n) is 13.2. The highest BCUT2D eigenvalue weighted by molar-refractivity contribution is 5.74. The molecule has 2 amide bonds. The fraction of sp³-hybridized carbons (Fsp3) is 0.529. The Morgan fingerprint density at radius 1 is 1.30 bits per heavy atom. The Hall–Kier alpha value is -2.26. The van der Waals surface area contributed by atoms with E-state index in [2.05, 4.69) is 16.3 Å². The highest BCUT2D eigenvalue weighted by Crippen LogP contribution is 2.21. The molecule has 0 spiro atoms. The van der Waals surface area contributed by atoms with Crippen LogP contribution in [0.2, 0.25) is 0 Å². The van der Waals surface area contributed by atoms with Gasteiger partial charge < -0.3 is 19.9 Å². The van der Waals surface area contributed by atoms with Crippen LogP contribution in [-0.2, 0) is 4.74 Å². The molecule has 122 valence electrons. The van der Waals surface area contributed by atoms with Gasteiger partial charge in [0.15, 0.2) is 0 Å². The summed E-state index contributed by atoms with van der Waals surface area (Å²) in [5.74, 6) is 0. The Balaban J connectivity index is 1.50. The van der Waals surface area contributed by atoms with Crippen LogP contribution in [-0.4, -0.2) is 56.4 Å². The fourth-order valence-corrected chi connectivity index (χ4v) is 3.11. The molecule has 6 nitrogen and oxygen atoms in total. The largest absolute Gasteiger partial charge is 0.376 e. The molecule has 23 heavy (non-hydrogen) atoms. The number of carbonyl (C=O) groups is 1. The molecule has 1 aromatic rings. The minimum absolute atomic E-state index is 0.0197. The van der Waals surface area contributed by atoms with Crippen LogP contribution >= 0.6 is 0 Å². The molecule has 1 N–H and O–H groups in total. The first-order valence-corrected chi connectivity index (χ1v) is 8.16. The van der Waals surface area contributed by atoms with Gasteiger partial charge in [0.25, 0.3) is 0 Å². The summed E-state index contributed by atoms with van der Waals surface area (Å²) < 4.78 is 5.52. The van der Waals surface area contributed by atoms with Gasteiger partial charge in [-0.15, -0.1) is 0 Å². The highest BCUT2D eigenvalue weighted by atomic mass is 16.5. The maximum atomic E-state index is 12.2. The second-order valence-electron chi connectivity index (χ2n) is 5.92. The van der Waals surface area contributed by atoms with Crippen LogP contribution in [0.4, 0.5) is 10.5 Å². The number of hydrogen-bond acceptors (Lipinski definition) is 4. The topological polar surface area (TPSA) is 68.6 Å². The number of anilines is 1. The number of nitrogens with one attached hydrogen (secondary N) is 1. The lowest BCUT2D eigenvalue weighted by Crippen LogP contribution is -2.52. The van der Waals surface area contributed by atoms with Crippen molar-refractivity contribution in [3.8, 4) is 6.07 Å². The van der Waals surface area contributed by atoms with Gasteiger partial charge in [-0.05, 0) is 25.0 Å². The molecule has 3 rings (SSSR count). The summed E-state index contributed by atoms with van der Waals surface area (Å²) in [7, 11) is 0. The molecule has 0 radical (unpaired) electrons. The molecule has 6 heteroatoms. The standard InChI is InChI=1S/C17H22N4O2/c18-12-14-4-1-2-6-16(14)20-7-9-21(10-8-20)17(22)19-13-15-5-3-11-23-15/h1-2,4,6,15H,3,5,7-11,13H2,(H,19,22). The second kappa shape index (κ2) is 7.34. The van der Waals surface area contributed by atoms with Gasteiger partial charge in [0.05, 0.1) is 17.4 Å². The highest BCUT2D eigenvalue weighted by Gasteiger charge is 2.23. The van der Waals surface area contributed by atoms with Gasteiger partial charge >= 0.3 is 6.03 Å². The number of nitriles is 1. The van der Waals surface area contributed by atoms with Crippen molar-refractivity contribution in [3.05, 3.63) is 29.8 Å². The molecular formula is C17H22N4O2. The van der Waals surface area contributed by atoms with E-state index in [0.717, 1.165) is 38.2 Å². The van der Waals surface area contributed by atoms with Crippen LogP contribution in [0.25, 0.3) is 0 Å². The van der Waals surface area contributed by atoms with Crippen LogP contribution in [0.5, 0.6) is 0 Å². The van der Waals surface area contributed by atoms with Crippen LogP contribution in [0.15, 0.2) is 24.3 Å². The van der Waals surface area contributed by atoms with E-state index in [0.29, 0.717) is 25.2 Å². The number of rotatable bonds is 3. The third-order valence-corrected chi connectivity index (χ3v) is 4.44.